The van der Waals surface area contributed by atoms with Crippen molar-refractivity contribution in [1.29, 1.82) is 0 Å². The van der Waals surface area contributed by atoms with Crippen molar-refractivity contribution in [3.8, 4) is 0 Å². The number of hydrogen-bond donors (Lipinski definition) is 4. The van der Waals surface area contributed by atoms with Crippen LogP contribution in [0.5, 0.6) is 0 Å². The van der Waals surface area contributed by atoms with Crippen molar-refractivity contribution in [3.05, 3.63) is 0 Å². The monoisotopic (exact) mass is 322 g/mol. The summed E-state index contributed by atoms with van der Waals surface area (Å²) in [4.78, 5) is 11.4. The van der Waals surface area contributed by atoms with Crippen molar-refractivity contribution in [1.82, 2.24) is 9.44 Å². The molecule has 122 valence electrons. The molecule has 9 nitrogen and oxygen atoms in total. The first-order chi connectivity index (χ1) is 9.71. The first-order valence-corrected chi connectivity index (χ1v) is 8.19. The average molecular weight is 322 g/mol. The number of nitrogens with two attached hydrogens (primary N) is 1. The Morgan fingerprint density at radius 1 is 1.33 bits per heavy atom. The smallest absolute Gasteiger partial charge is 0.422 e. The molecule has 1 saturated carbocycles. The van der Waals surface area contributed by atoms with Crippen LogP contribution in [0.1, 0.15) is 46.0 Å². The van der Waals surface area contributed by atoms with Crippen molar-refractivity contribution in [2.24, 2.45) is 10.9 Å². The Bertz CT molecular complexity index is 497. The molecule has 0 saturated heterocycles. The van der Waals surface area contributed by atoms with Gasteiger partial charge in [0.25, 0.3) is 0 Å². The van der Waals surface area contributed by atoms with E-state index in [-0.39, 0.29) is 5.84 Å². The highest BCUT2D eigenvalue weighted by Crippen LogP contribution is 2.29. The highest BCUT2D eigenvalue weighted by molar-refractivity contribution is 7.88. The third kappa shape index (κ3) is 5.05. The first kappa shape index (κ1) is 17.5. The Labute approximate surface area is 124 Å². The maximum Gasteiger partial charge on any atom is 0.422 e. The van der Waals surface area contributed by atoms with E-state index >= 15 is 0 Å². The number of carbonyl (C=O) groups is 1. The molecule has 10 heteroatoms. The molecule has 1 fully saturated rings. The van der Waals surface area contributed by atoms with E-state index in [4.69, 9.17) is 15.7 Å². The Morgan fingerprint density at radius 2 is 1.90 bits per heavy atom. The Balaban J connectivity index is 2.85. The SMILES string of the molecule is CC(C)OC(=O)NS(=O)(=O)NC1(C(N)=NO)CCCCC1. The molecule has 0 unspecified atom stereocenters. The number of nitrogens with one attached hydrogen (secondary N) is 2. The summed E-state index contributed by atoms with van der Waals surface area (Å²) < 4.78 is 32.8. The van der Waals surface area contributed by atoms with E-state index in [1.54, 1.807) is 18.6 Å². The zero-order valence-electron chi connectivity index (χ0n) is 12.1. The predicted octanol–water partition coefficient (Wildman–Crippen LogP) is 0.405. The van der Waals surface area contributed by atoms with Gasteiger partial charge in [0, 0.05) is 0 Å². The van der Waals surface area contributed by atoms with Gasteiger partial charge in [0.1, 0.15) is 0 Å². The van der Waals surface area contributed by atoms with Crippen LogP contribution in [0.15, 0.2) is 5.16 Å². The summed E-state index contributed by atoms with van der Waals surface area (Å²) >= 11 is 0. The maximum absolute atomic E-state index is 12.0. The van der Waals surface area contributed by atoms with Crippen molar-refractivity contribution in [2.45, 2.75) is 57.6 Å². The van der Waals surface area contributed by atoms with Gasteiger partial charge in [-0.15, -0.1) is 0 Å². The van der Waals surface area contributed by atoms with Gasteiger partial charge in [0.05, 0.1) is 11.6 Å². The van der Waals surface area contributed by atoms with E-state index in [0.717, 1.165) is 19.3 Å². The van der Waals surface area contributed by atoms with Gasteiger partial charge in [0.15, 0.2) is 5.84 Å². The van der Waals surface area contributed by atoms with Crippen molar-refractivity contribution >= 4 is 22.1 Å². The second-order valence-electron chi connectivity index (χ2n) is 5.29. The molecule has 5 N–H and O–H groups in total. The van der Waals surface area contributed by atoms with Gasteiger partial charge >= 0.3 is 16.3 Å². The number of rotatable bonds is 5. The number of amides is 1. The van der Waals surface area contributed by atoms with Gasteiger partial charge in [-0.25, -0.2) is 9.52 Å². The van der Waals surface area contributed by atoms with Crippen LogP contribution >= 0.6 is 0 Å². The van der Waals surface area contributed by atoms with E-state index < -0.39 is 27.9 Å². The third-order valence-electron chi connectivity index (χ3n) is 3.20. The number of hydrogen-bond acceptors (Lipinski definition) is 6. The zero-order chi connectivity index (χ0) is 16.1. The second kappa shape index (κ2) is 6.94. The summed E-state index contributed by atoms with van der Waals surface area (Å²) in [5.41, 5.74) is 4.45. The standard InChI is InChI=1S/C11H22N4O5S/c1-8(2)20-10(16)14-21(18,19)15-11(9(12)13-17)6-4-3-5-7-11/h8,15,17H,3-7H2,1-2H3,(H2,12,13)(H,14,16). The fraction of sp³-hybridized carbons (Fsp3) is 0.818. The summed E-state index contributed by atoms with van der Waals surface area (Å²) in [6, 6.07) is 0. The van der Waals surface area contributed by atoms with Crippen LogP contribution in [0.25, 0.3) is 0 Å². The van der Waals surface area contributed by atoms with Crippen LogP contribution in [-0.4, -0.2) is 37.2 Å². The first-order valence-electron chi connectivity index (χ1n) is 6.71. The number of amidine groups is 1. The second-order valence-corrected chi connectivity index (χ2v) is 6.70. The number of oxime groups is 1. The molecule has 0 aromatic carbocycles. The minimum absolute atomic E-state index is 0.218. The molecule has 21 heavy (non-hydrogen) atoms. The molecule has 0 heterocycles. The molecule has 1 amide bonds. The maximum atomic E-state index is 12.0. The molecule has 0 aliphatic heterocycles. The minimum Gasteiger partial charge on any atom is -0.446 e. The van der Waals surface area contributed by atoms with Gasteiger partial charge in [-0.3, -0.25) is 0 Å². The van der Waals surface area contributed by atoms with E-state index in [1.807, 2.05) is 0 Å². The van der Waals surface area contributed by atoms with Crippen molar-refractivity contribution in [3.63, 3.8) is 0 Å². The number of nitrogens with zero attached hydrogens (tertiary/aromatic N) is 1. The number of ether oxygens (including phenoxy) is 1. The van der Waals surface area contributed by atoms with Crippen LogP contribution in [0.3, 0.4) is 0 Å². The molecule has 1 aliphatic rings. The molecule has 1 rings (SSSR count). The number of carbonyl (C=O) groups excluding carboxylic acids is 1. The average Bonchev–Trinajstić information content (AvgIpc) is 2.36. The molecule has 0 aromatic heterocycles. The lowest BCUT2D eigenvalue weighted by Crippen LogP contribution is -2.61. The fourth-order valence-corrected chi connectivity index (χ4v) is 3.43. The molecule has 0 bridgehead atoms. The summed E-state index contributed by atoms with van der Waals surface area (Å²) in [7, 11) is -4.19. The van der Waals surface area contributed by atoms with Gasteiger partial charge in [-0.1, -0.05) is 24.4 Å². The predicted molar refractivity (Wildman–Crippen MR) is 76.0 cm³/mol. The molecule has 0 atom stereocenters. The quantitative estimate of drug-likeness (QED) is 0.250. The summed E-state index contributed by atoms with van der Waals surface area (Å²) in [6.07, 6.45) is 1.65. The normalized spacial score (nSPS) is 19.3. The minimum atomic E-state index is -4.19. The molecule has 0 spiro atoms. The van der Waals surface area contributed by atoms with E-state index in [9.17, 15) is 13.2 Å². The Morgan fingerprint density at radius 3 is 2.38 bits per heavy atom. The van der Waals surface area contributed by atoms with Crippen molar-refractivity contribution in [2.75, 3.05) is 0 Å². The molecular weight excluding hydrogens is 300 g/mol. The largest absolute Gasteiger partial charge is 0.446 e. The van der Waals surface area contributed by atoms with Gasteiger partial charge in [0.2, 0.25) is 0 Å². The van der Waals surface area contributed by atoms with Crippen LogP contribution < -0.4 is 15.2 Å². The molecular formula is C11H22N4O5S. The molecule has 0 aromatic rings. The van der Waals surface area contributed by atoms with E-state index in [1.165, 1.54) is 0 Å². The lowest BCUT2D eigenvalue weighted by Gasteiger charge is -2.36. The fourth-order valence-electron chi connectivity index (χ4n) is 2.29. The third-order valence-corrected chi connectivity index (χ3v) is 4.29. The van der Waals surface area contributed by atoms with Gasteiger partial charge < -0.3 is 15.7 Å². The molecule has 1 aliphatic carbocycles. The lowest BCUT2D eigenvalue weighted by molar-refractivity contribution is 0.121. The Hall–Kier alpha value is -1.55. The van der Waals surface area contributed by atoms with Gasteiger partial charge in [-0.2, -0.15) is 13.1 Å². The zero-order valence-corrected chi connectivity index (χ0v) is 12.9. The van der Waals surface area contributed by atoms with Crippen LogP contribution in [0, 0.1) is 0 Å². The van der Waals surface area contributed by atoms with Crippen LogP contribution in [-0.2, 0) is 14.9 Å². The van der Waals surface area contributed by atoms with E-state index in [0.29, 0.717) is 12.8 Å². The van der Waals surface area contributed by atoms with Crippen LogP contribution in [0.2, 0.25) is 0 Å². The lowest BCUT2D eigenvalue weighted by atomic mass is 9.82. The van der Waals surface area contributed by atoms with Crippen LogP contribution in [0.4, 0.5) is 4.79 Å². The Kier molecular flexibility index (Phi) is 5.78. The topological polar surface area (TPSA) is 143 Å². The van der Waals surface area contributed by atoms with Gasteiger partial charge in [-0.05, 0) is 26.7 Å². The highest BCUT2D eigenvalue weighted by atomic mass is 32.2. The summed E-state index contributed by atoms with van der Waals surface area (Å²) in [5.74, 6) is -0.218. The molecule has 0 radical (unpaired) electrons. The van der Waals surface area contributed by atoms with Crippen molar-refractivity contribution < 1.29 is 23.2 Å². The highest BCUT2D eigenvalue weighted by Gasteiger charge is 2.40. The van der Waals surface area contributed by atoms with E-state index in [2.05, 4.69) is 9.88 Å². The summed E-state index contributed by atoms with van der Waals surface area (Å²) in [5, 5.41) is 11.8. The summed E-state index contributed by atoms with van der Waals surface area (Å²) in [6.45, 7) is 3.19.